The molecule has 0 amide bonds. The van der Waals surface area contributed by atoms with Crippen LogP contribution in [0.3, 0.4) is 0 Å². The minimum atomic E-state index is -0.812. The van der Waals surface area contributed by atoms with Crippen molar-refractivity contribution in [2.24, 2.45) is 0 Å². The highest BCUT2D eigenvalue weighted by Gasteiger charge is 2.15. The molecule has 0 aliphatic heterocycles. The number of carbonyl (C=O) groups excluding carboxylic acids is 2. The van der Waals surface area contributed by atoms with E-state index in [0.29, 0.717) is 19.3 Å². The summed E-state index contributed by atoms with van der Waals surface area (Å²) in [6, 6.07) is 0. The number of carbonyl (C=O) groups is 2. The molecule has 0 saturated heterocycles. The van der Waals surface area contributed by atoms with Crippen molar-refractivity contribution in [3.63, 3.8) is 0 Å². The highest BCUT2D eigenvalue weighted by Crippen LogP contribution is 2.09. The van der Waals surface area contributed by atoms with Gasteiger partial charge in [-0.25, -0.2) is 0 Å². The zero-order chi connectivity index (χ0) is 35.0. The van der Waals surface area contributed by atoms with E-state index < -0.39 is 6.10 Å². The first-order valence-electron chi connectivity index (χ1n) is 18.8. The number of rotatable bonds is 32. The monoisotopic (exact) mass is 665 g/mol. The first-order chi connectivity index (χ1) is 23.6. The molecular weight excluding hydrogens is 596 g/mol. The molecule has 5 nitrogen and oxygen atoms in total. The molecule has 1 N–H and O–H groups in total. The standard InChI is InChI=1S/C43H68O5/c1-3-5-7-9-11-13-15-17-19-21-23-25-27-29-31-33-35-37-42(45)47-40-41(39-44)48-43(46)38-36-34-32-30-28-26-24-22-20-18-16-14-12-10-8-6-4-2/h5,7,11-14,17-20,23-26,29,31,41,44H,3-4,6,8-10,15-16,21-22,27-28,30,32-40H2,1-2H3/b7-5+,13-11+,14-12+,19-17+,20-18+,25-23+,26-24+,31-29+/t41-/m0/s1. The SMILES string of the molecule is CC/C=C/C/C=C/C/C=C/C/C=C/C/C=C/CCCC(=O)OC[C@H](CO)OC(=O)CCCCCC/C=C/C/C=C/C/C=C/CCCCC. The van der Waals surface area contributed by atoms with Crippen LogP contribution in [0.5, 0.6) is 0 Å². The second-order valence-electron chi connectivity index (χ2n) is 11.9. The first kappa shape index (κ1) is 44.8. The molecule has 5 heteroatoms. The number of unbranched alkanes of at least 4 members (excludes halogenated alkanes) is 8. The number of allylic oxidation sites excluding steroid dienone is 16. The summed E-state index contributed by atoms with van der Waals surface area (Å²) in [5.74, 6) is -0.696. The van der Waals surface area contributed by atoms with Crippen LogP contribution in [-0.2, 0) is 19.1 Å². The number of hydrogen-bond acceptors (Lipinski definition) is 5. The van der Waals surface area contributed by atoms with Gasteiger partial charge < -0.3 is 14.6 Å². The summed E-state index contributed by atoms with van der Waals surface area (Å²) in [4.78, 5) is 24.2. The zero-order valence-corrected chi connectivity index (χ0v) is 30.5. The topological polar surface area (TPSA) is 72.8 Å². The Hall–Kier alpha value is -3.18. The predicted octanol–water partition coefficient (Wildman–Crippen LogP) is 11.7. The van der Waals surface area contributed by atoms with Crippen LogP contribution in [0.1, 0.15) is 142 Å². The van der Waals surface area contributed by atoms with E-state index in [4.69, 9.17) is 9.47 Å². The number of hydrogen-bond donors (Lipinski definition) is 1. The van der Waals surface area contributed by atoms with Gasteiger partial charge in [-0.1, -0.05) is 137 Å². The van der Waals surface area contributed by atoms with Gasteiger partial charge in [0.25, 0.3) is 0 Å². The minimum Gasteiger partial charge on any atom is -0.462 e. The summed E-state index contributed by atoms with van der Waals surface area (Å²) >= 11 is 0. The first-order valence-corrected chi connectivity index (χ1v) is 18.8. The van der Waals surface area contributed by atoms with Crippen LogP contribution >= 0.6 is 0 Å². The van der Waals surface area contributed by atoms with Crippen LogP contribution in [0.2, 0.25) is 0 Å². The highest BCUT2D eigenvalue weighted by atomic mass is 16.6. The fourth-order valence-electron chi connectivity index (χ4n) is 4.53. The minimum absolute atomic E-state index is 0.111. The van der Waals surface area contributed by atoms with Crippen molar-refractivity contribution in [2.75, 3.05) is 13.2 Å². The van der Waals surface area contributed by atoms with E-state index in [1.807, 2.05) is 0 Å². The molecule has 0 aliphatic rings. The van der Waals surface area contributed by atoms with Gasteiger partial charge in [0.1, 0.15) is 6.61 Å². The summed E-state index contributed by atoms with van der Waals surface area (Å²) in [6.45, 7) is 3.90. The lowest BCUT2D eigenvalue weighted by atomic mass is 10.1. The van der Waals surface area contributed by atoms with Crippen LogP contribution in [0.4, 0.5) is 0 Å². The molecule has 0 aliphatic carbocycles. The molecule has 0 rings (SSSR count). The van der Waals surface area contributed by atoms with E-state index in [9.17, 15) is 14.7 Å². The average Bonchev–Trinajstić information content (AvgIpc) is 3.09. The average molecular weight is 665 g/mol. The van der Waals surface area contributed by atoms with E-state index in [2.05, 4.69) is 111 Å². The maximum atomic E-state index is 12.1. The Kier molecular flexibility index (Phi) is 35.7. The molecule has 0 spiro atoms. The quantitative estimate of drug-likeness (QED) is 0.0440. The summed E-state index contributed by atoms with van der Waals surface area (Å²) in [5, 5.41) is 9.54. The van der Waals surface area contributed by atoms with Gasteiger partial charge in [0.15, 0.2) is 6.10 Å². The molecule has 0 aromatic carbocycles. The summed E-state index contributed by atoms with van der Waals surface area (Å²) in [6.07, 6.45) is 53.2. The van der Waals surface area contributed by atoms with E-state index in [1.165, 1.54) is 25.7 Å². The number of ether oxygens (including phenoxy) is 2. The van der Waals surface area contributed by atoms with Crippen LogP contribution < -0.4 is 0 Å². The van der Waals surface area contributed by atoms with Crippen LogP contribution in [-0.4, -0.2) is 36.4 Å². The van der Waals surface area contributed by atoms with Gasteiger partial charge in [-0.3, -0.25) is 9.59 Å². The molecule has 0 heterocycles. The van der Waals surface area contributed by atoms with Gasteiger partial charge in [-0.2, -0.15) is 0 Å². The zero-order valence-electron chi connectivity index (χ0n) is 30.5. The number of aliphatic hydroxyl groups is 1. The molecule has 0 radical (unpaired) electrons. The molecule has 0 aromatic heterocycles. The fraction of sp³-hybridized carbons (Fsp3) is 0.581. The van der Waals surface area contributed by atoms with Crippen molar-refractivity contribution in [3.8, 4) is 0 Å². The third-order valence-electron chi connectivity index (χ3n) is 7.36. The van der Waals surface area contributed by atoms with E-state index in [1.54, 1.807) is 0 Å². The van der Waals surface area contributed by atoms with Crippen molar-refractivity contribution in [2.45, 2.75) is 148 Å². The van der Waals surface area contributed by atoms with Crippen molar-refractivity contribution in [1.82, 2.24) is 0 Å². The Morgan fingerprint density at radius 3 is 1.40 bits per heavy atom. The van der Waals surface area contributed by atoms with Gasteiger partial charge in [0.05, 0.1) is 6.61 Å². The van der Waals surface area contributed by atoms with Gasteiger partial charge in [-0.15, -0.1) is 0 Å². The highest BCUT2D eigenvalue weighted by molar-refractivity contribution is 5.70. The number of esters is 2. The Morgan fingerprint density at radius 1 is 0.500 bits per heavy atom. The third-order valence-corrected chi connectivity index (χ3v) is 7.36. The Morgan fingerprint density at radius 2 is 0.917 bits per heavy atom. The van der Waals surface area contributed by atoms with Crippen LogP contribution in [0.15, 0.2) is 97.2 Å². The summed E-state index contributed by atoms with van der Waals surface area (Å²) in [7, 11) is 0. The van der Waals surface area contributed by atoms with E-state index >= 15 is 0 Å². The normalized spacial score (nSPS) is 13.3. The summed E-state index contributed by atoms with van der Waals surface area (Å²) in [5.41, 5.74) is 0. The molecule has 270 valence electrons. The van der Waals surface area contributed by atoms with Crippen molar-refractivity contribution in [3.05, 3.63) is 97.2 Å². The lowest BCUT2D eigenvalue weighted by Gasteiger charge is -2.15. The van der Waals surface area contributed by atoms with Crippen molar-refractivity contribution >= 4 is 11.9 Å². The van der Waals surface area contributed by atoms with Gasteiger partial charge in [0.2, 0.25) is 0 Å². The van der Waals surface area contributed by atoms with Crippen molar-refractivity contribution in [1.29, 1.82) is 0 Å². The van der Waals surface area contributed by atoms with Gasteiger partial charge in [0, 0.05) is 12.8 Å². The second-order valence-corrected chi connectivity index (χ2v) is 11.9. The molecular formula is C43H68O5. The Bertz CT molecular complexity index is 979. The second kappa shape index (κ2) is 38.3. The molecule has 1 atom stereocenters. The molecule has 0 unspecified atom stereocenters. The number of aliphatic hydroxyl groups excluding tert-OH is 1. The Balaban J connectivity index is 3.76. The largest absolute Gasteiger partial charge is 0.462 e. The predicted molar refractivity (Wildman–Crippen MR) is 205 cm³/mol. The summed E-state index contributed by atoms with van der Waals surface area (Å²) < 4.78 is 10.5. The molecule has 0 aromatic rings. The van der Waals surface area contributed by atoms with Gasteiger partial charge >= 0.3 is 11.9 Å². The molecule has 48 heavy (non-hydrogen) atoms. The molecule has 0 fully saturated rings. The fourth-order valence-corrected chi connectivity index (χ4v) is 4.53. The molecule has 0 bridgehead atoms. The lowest BCUT2D eigenvalue weighted by Crippen LogP contribution is -2.28. The third kappa shape index (κ3) is 35.7. The Labute approximate surface area is 294 Å². The van der Waals surface area contributed by atoms with E-state index in [0.717, 1.165) is 83.5 Å². The van der Waals surface area contributed by atoms with Crippen molar-refractivity contribution < 1.29 is 24.2 Å². The smallest absolute Gasteiger partial charge is 0.306 e. The van der Waals surface area contributed by atoms with E-state index in [-0.39, 0.29) is 25.2 Å². The van der Waals surface area contributed by atoms with Crippen LogP contribution in [0, 0.1) is 0 Å². The maximum Gasteiger partial charge on any atom is 0.306 e. The maximum absolute atomic E-state index is 12.1. The van der Waals surface area contributed by atoms with Crippen LogP contribution in [0.25, 0.3) is 0 Å². The lowest BCUT2D eigenvalue weighted by molar-refractivity contribution is -0.161. The van der Waals surface area contributed by atoms with Gasteiger partial charge in [-0.05, 0) is 89.9 Å². The molecule has 0 saturated carbocycles.